The number of rotatable bonds is 4. The molecule has 4 rings (SSSR count). The first-order valence-electron chi connectivity index (χ1n) is 10.0. The maximum absolute atomic E-state index is 12.9. The minimum Gasteiger partial charge on any atom is -0.457 e. The summed E-state index contributed by atoms with van der Waals surface area (Å²) in [6.07, 6.45) is 6.00. The number of amides is 1. The molecule has 0 N–H and O–H groups in total. The van der Waals surface area contributed by atoms with Crippen LogP contribution in [0.5, 0.6) is 11.5 Å². The molecule has 2 heterocycles. The van der Waals surface area contributed by atoms with Gasteiger partial charge in [-0.25, -0.2) is 0 Å². The predicted octanol–water partition coefficient (Wildman–Crippen LogP) is 6.61. The number of carbonyl (C=O) groups is 1. The fraction of sp³-hybridized carbons (Fsp3) is 0.292. The van der Waals surface area contributed by atoms with Crippen LogP contribution in [0.2, 0.25) is 0 Å². The Hall–Kier alpha value is -2.59. The maximum atomic E-state index is 12.9. The number of benzene rings is 2. The molecule has 28 heavy (non-hydrogen) atoms. The summed E-state index contributed by atoms with van der Waals surface area (Å²) >= 11 is 1.58. The summed E-state index contributed by atoms with van der Waals surface area (Å²) in [5, 5.41) is 0. The van der Waals surface area contributed by atoms with Crippen LogP contribution in [0.15, 0.2) is 66.7 Å². The molecule has 1 aliphatic rings. The van der Waals surface area contributed by atoms with E-state index in [-0.39, 0.29) is 5.91 Å². The number of hydrogen-bond donors (Lipinski definition) is 0. The van der Waals surface area contributed by atoms with Gasteiger partial charge in [-0.3, -0.25) is 4.79 Å². The molecule has 1 saturated heterocycles. The van der Waals surface area contributed by atoms with Crippen LogP contribution in [0.25, 0.3) is 10.4 Å². The zero-order chi connectivity index (χ0) is 19.2. The molecule has 1 fully saturated rings. The molecule has 0 spiro atoms. The van der Waals surface area contributed by atoms with Crippen molar-refractivity contribution in [2.24, 2.45) is 0 Å². The van der Waals surface area contributed by atoms with Gasteiger partial charge in [0.25, 0.3) is 5.91 Å². The number of hydrogen-bond acceptors (Lipinski definition) is 3. The van der Waals surface area contributed by atoms with E-state index in [9.17, 15) is 4.79 Å². The van der Waals surface area contributed by atoms with Crippen molar-refractivity contribution in [2.75, 3.05) is 13.1 Å². The Morgan fingerprint density at radius 1 is 0.750 bits per heavy atom. The summed E-state index contributed by atoms with van der Waals surface area (Å²) < 4.78 is 5.86. The summed E-state index contributed by atoms with van der Waals surface area (Å²) in [7, 11) is 0. The molecule has 0 aliphatic carbocycles. The highest BCUT2D eigenvalue weighted by Gasteiger charge is 2.18. The molecular weight excluding hydrogens is 366 g/mol. The fourth-order valence-corrected chi connectivity index (χ4v) is 4.51. The van der Waals surface area contributed by atoms with Gasteiger partial charge in [-0.15, -0.1) is 11.3 Å². The van der Waals surface area contributed by atoms with Gasteiger partial charge in [0.05, 0.1) is 4.88 Å². The van der Waals surface area contributed by atoms with Gasteiger partial charge < -0.3 is 9.64 Å². The summed E-state index contributed by atoms with van der Waals surface area (Å²) in [5.41, 5.74) is 1.11. The number of likely N-dealkylation sites (tertiary alicyclic amines) is 1. The highest BCUT2D eigenvalue weighted by atomic mass is 32.1. The number of ether oxygens (including phenoxy) is 1. The molecule has 144 valence electrons. The van der Waals surface area contributed by atoms with Crippen molar-refractivity contribution in [1.82, 2.24) is 4.90 Å². The van der Waals surface area contributed by atoms with Gasteiger partial charge in [0.2, 0.25) is 0 Å². The highest BCUT2D eigenvalue weighted by molar-refractivity contribution is 7.17. The van der Waals surface area contributed by atoms with Crippen LogP contribution in [0.4, 0.5) is 0 Å². The van der Waals surface area contributed by atoms with Crippen LogP contribution in [0, 0.1) is 0 Å². The van der Waals surface area contributed by atoms with E-state index in [1.165, 1.54) is 19.3 Å². The molecule has 3 aromatic rings. The molecule has 2 aromatic carbocycles. The van der Waals surface area contributed by atoms with Crippen molar-refractivity contribution in [3.8, 4) is 21.9 Å². The Morgan fingerprint density at radius 3 is 2.11 bits per heavy atom. The predicted molar refractivity (Wildman–Crippen MR) is 115 cm³/mol. The monoisotopic (exact) mass is 391 g/mol. The molecule has 0 bridgehead atoms. The first-order chi connectivity index (χ1) is 13.8. The van der Waals surface area contributed by atoms with Crippen molar-refractivity contribution in [2.45, 2.75) is 32.1 Å². The molecule has 1 aromatic heterocycles. The van der Waals surface area contributed by atoms with E-state index in [2.05, 4.69) is 18.2 Å². The van der Waals surface area contributed by atoms with E-state index in [1.54, 1.807) is 11.3 Å². The Labute approximate surface area is 170 Å². The largest absolute Gasteiger partial charge is 0.457 e. The second-order valence-electron chi connectivity index (χ2n) is 7.16. The van der Waals surface area contributed by atoms with Gasteiger partial charge in [0.15, 0.2) is 0 Å². The molecule has 0 atom stereocenters. The quantitative estimate of drug-likeness (QED) is 0.500. The molecule has 0 radical (unpaired) electrons. The standard InChI is InChI=1S/C24H25NO2S/c26-24(25-17-7-2-1-3-8-18-25)23-16-15-22(28-23)19-11-13-21(14-12-19)27-20-9-5-4-6-10-20/h4-6,9-16H,1-3,7-8,17-18H2. The Kier molecular flexibility index (Phi) is 6.07. The smallest absolute Gasteiger partial charge is 0.263 e. The number of thiophene rings is 1. The SMILES string of the molecule is O=C(c1ccc(-c2ccc(Oc3ccccc3)cc2)s1)N1CCCCCCC1. The molecule has 4 heteroatoms. The minimum absolute atomic E-state index is 0.183. The Morgan fingerprint density at radius 2 is 1.39 bits per heavy atom. The second-order valence-corrected chi connectivity index (χ2v) is 8.25. The van der Waals surface area contributed by atoms with Gasteiger partial charge in [-0.2, -0.15) is 0 Å². The Bertz CT molecular complexity index is 894. The molecule has 3 nitrogen and oxygen atoms in total. The number of para-hydroxylation sites is 1. The van der Waals surface area contributed by atoms with E-state index in [0.29, 0.717) is 0 Å². The normalized spacial score (nSPS) is 14.9. The van der Waals surface area contributed by atoms with Crippen molar-refractivity contribution >= 4 is 17.2 Å². The third-order valence-electron chi connectivity index (χ3n) is 5.08. The summed E-state index contributed by atoms with van der Waals surface area (Å²) in [4.78, 5) is 16.9. The third-order valence-corrected chi connectivity index (χ3v) is 6.20. The van der Waals surface area contributed by atoms with Crippen molar-refractivity contribution in [3.63, 3.8) is 0 Å². The zero-order valence-corrected chi connectivity index (χ0v) is 16.8. The topological polar surface area (TPSA) is 29.5 Å². The second kappa shape index (κ2) is 9.07. The lowest BCUT2D eigenvalue weighted by Crippen LogP contribution is -2.33. The third kappa shape index (κ3) is 4.63. The van der Waals surface area contributed by atoms with Crippen LogP contribution in [0.3, 0.4) is 0 Å². The van der Waals surface area contributed by atoms with Crippen molar-refractivity contribution < 1.29 is 9.53 Å². The minimum atomic E-state index is 0.183. The average Bonchev–Trinajstić information content (AvgIpc) is 3.19. The maximum Gasteiger partial charge on any atom is 0.263 e. The zero-order valence-electron chi connectivity index (χ0n) is 16.0. The molecule has 0 saturated carbocycles. The Balaban J connectivity index is 1.44. The number of carbonyl (C=O) groups excluding carboxylic acids is 1. The first kappa shape index (κ1) is 18.8. The summed E-state index contributed by atoms with van der Waals surface area (Å²) in [6, 6.07) is 21.8. The average molecular weight is 392 g/mol. The van der Waals surface area contributed by atoms with E-state index in [0.717, 1.165) is 52.7 Å². The van der Waals surface area contributed by atoms with Gasteiger partial charge in [-0.1, -0.05) is 37.5 Å². The number of nitrogens with zero attached hydrogens (tertiary/aromatic N) is 1. The lowest BCUT2D eigenvalue weighted by atomic mass is 10.1. The lowest BCUT2D eigenvalue weighted by molar-refractivity contribution is 0.0747. The van der Waals surface area contributed by atoms with E-state index in [1.807, 2.05) is 53.4 Å². The molecule has 1 aliphatic heterocycles. The van der Waals surface area contributed by atoms with Crippen LogP contribution in [0.1, 0.15) is 41.8 Å². The molecule has 0 unspecified atom stereocenters. The van der Waals surface area contributed by atoms with Gasteiger partial charge in [0.1, 0.15) is 11.5 Å². The van der Waals surface area contributed by atoms with Crippen molar-refractivity contribution in [1.29, 1.82) is 0 Å². The van der Waals surface area contributed by atoms with Crippen molar-refractivity contribution in [3.05, 3.63) is 71.6 Å². The van der Waals surface area contributed by atoms with Gasteiger partial charge >= 0.3 is 0 Å². The molecular formula is C24H25NO2S. The van der Waals surface area contributed by atoms with Crippen LogP contribution in [-0.2, 0) is 0 Å². The first-order valence-corrected chi connectivity index (χ1v) is 10.8. The van der Waals surface area contributed by atoms with Crippen LogP contribution < -0.4 is 4.74 Å². The highest BCUT2D eigenvalue weighted by Crippen LogP contribution is 2.31. The summed E-state index contributed by atoms with van der Waals surface area (Å²) in [6.45, 7) is 1.77. The lowest BCUT2D eigenvalue weighted by Gasteiger charge is -2.24. The molecule has 1 amide bonds. The van der Waals surface area contributed by atoms with E-state index in [4.69, 9.17) is 4.74 Å². The van der Waals surface area contributed by atoms with E-state index >= 15 is 0 Å². The van der Waals surface area contributed by atoms with Gasteiger partial charge in [0, 0.05) is 18.0 Å². The summed E-state index contributed by atoms with van der Waals surface area (Å²) in [5.74, 6) is 1.82. The van der Waals surface area contributed by atoms with E-state index < -0.39 is 0 Å². The van der Waals surface area contributed by atoms with Crippen LogP contribution in [-0.4, -0.2) is 23.9 Å². The fourth-order valence-electron chi connectivity index (χ4n) is 3.53. The van der Waals surface area contributed by atoms with Gasteiger partial charge in [-0.05, 0) is 66.9 Å². The van der Waals surface area contributed by atoms with Crippen LogP contribution >= 0.6 is 11.3 Å².